The predicted octanol–water partition coefficient (Wildman–Crippen LogP) is 2.94. The Bertz CT molecular complexity index is 683. The van der Waals surface area contributed by atoms with Crippen LogP contribution in [0.5, 0.6) is 0 Å². The van der Waals surface area contributed by atoms with Gasteiger partial charge in [-0.25, -0.2) is 0 Å². The maximum absolute atomic E-state index is 4.25. The quantitative estimate of drug-likeness (QED) is 0.635. The van der Waals surface area contributed by atoms with Gasteiger partial charge in [0.15, 0.2) is 0 Å². The van der Waals surface area contributed by atoms with Gasteiger partial charge in [0.25, 0.3) is 0 Å². The summed E-state index contributed by atoms with van der Waals surface area (Å²) in [5.74, 6) is 0. The summed E-state index contributed by atoms with van der Waals surface area (Å²) in [7, 11) is 1.95. The van der Waals surface area contributed by atoms with Gasteiger partial charge >= 0.3 is 0 Å². The normalized spacial score (nSPS) is 10.9. The summed E-state index contributed by atoms with van der Waals surface area (Å²) in [5.41, 5.74) is 4.65. The summed E-state index contributed by atoms with van der Waals surface area (Å²) >= 11 is 0. The molecule has 0 fully saturated rings. The first-order chi connectivity index (χ1) is 8.24. The molecule has 0 saturated heterocycles. The Morgan fingerprint density at radius 3 is 2.71 bits per heavy atom. The first-order valence-electron chi connectivity index (χ1n) is 5.58. The van der Waals surface area contributed by atoms with E-state index in [0.717, 1.165) is 16.5 Å². The molecule has 0 saturated carbocycles. The Morgan fingerprint density at radius 1 is 1.00 bits per heavy atom. The molecule has 17 heavy (non-hydrogen) atoms. The van der Waals surface area contributed by atoms with Gasteiger partial charge in [-0.15, -0.1) is 0 Å². The maximum atomic E-state index is 4.25. The van der Waals surface area contributed by atoms with E-state index in [0.29, 0.717) is 0 Å². The minimum absolute atomic E-state index is 1.15. The Morgan fingerprint density at radius 2 is 1.88 bits per heavy atom. The Kier molecular flexibility index (Phi) is 2.18. The molecule has 84 valence electrons. The van der Waals surface area contributed by atoms with Crippen LogP contribution in [0.25, 0.3) is 22.0 Å². The van der Waals surface area contributed by atoms with Crippen LogP contribution in [0.1, 0.15) is 5.56 Å². The fourth-order valence-electron chi connectivity index (χ4n) is 2.06. The Hall–Kier alpha value is -2.16. The fraction of sp³-hybridized carbons (Fsp3) is 0.143. The molecule has 0 radical (unpaired) electrons. The van der Waals surface area contributed by atoms with Gasteiger partial charge in [-0.1, -0.05) is 6.07 Å². The molecular weight excluding hydrogens is 210 g/mol. The molecule has 2 heterocycles. The molecule has 0 aliphatic heterocycles. The highest BCUT2D eigenvalue weighted by molar-refractivity contribution is 5.84. The van der Waals surface area contributed by atoms with E-state index in [1.54, 1.807) is 0 Å². The molecule has 0 unspecified atom stereocenters. The molecule has 3 nitrogen and oxygen atoms in total. The zero-order valence-electron chi connectivity index (χ0n) is 9.88. The predicted molar refractivity (Wildman–Crippen MR) is 68.7 cm³/mol. The van der Waals surface area contributed by atoms with Gasteiger partial charge in [0, 0.05) is 30.4 Å². The van der Waals surface area contributed by atoms with Gasteiger partial charge in [-0.3, -0.25) is 9.67 Å². The molecule has 0 aliphatic carbocycles. The summed E-state index contributed by atoms with van der Waals surface area (Å²) in [5, 5.41) is 5.41. The average Bonchev–Trinajstić information content (AvgIpc) is 2.71. The SMILES string of the molecule is Cc1cncc(-c2ccc3c(cnn3C)c2)c1. The lowest BCUT2D eigenvalue weighted by Gasteiger charge is -2.03. The van der Waals surface area contributed by atoms with Crippen LogP contribution in [-0.2, 0) is 7.05 Å². The third-order valence-electron chi connectivity index (χ3n) is 2.95. The molecule has 3 heteroatoms. The zero-order valence-corrected chi connectivity index (χ0v) is 9.88. The minimum atomic E-state index is 1.15. The van der Waals surface area contributed by atoms with E-state index in [4.69, 9.17) is 0 Å². The molecule has 0 bridgehead atoms. The molecule has 0 amide bonds. The van der Waals surface area contributed by atoms with Crippen molar-refractivity contribution in [1.82, 2.24) is 14.8 Å². The third kappa shape index (κ3) is 1.69. The molecular formula is C14H13N3. The lowest BCUT2D eigenvalue weighted by atomic mass is 10.0. The molecule has 0 N–H and O–H groups in total. The standard InChI is InChI=1S/C14H13N3/c1-10-5-12(8-15-7-10)11-3-4-14-13(6-11)9-16-17(14)2/h3-9H,1-2H3. The summed E-state index contributed by atoms with van der Waals surface area (Å²) in [4.78, 5) is 4.23. The van der Waals surface area contributed by atoms with Gasteiger partial charge < -0.3 is 0 Å². The number of benzene rings is 1. The number of aryl methyl sites for hydroxylation is 2. The van der Waals surface area contributed by atoms with Gasteiger partial charge in [-0.2, -0.15) is 5.10 Å². The molecule has 0 atom stereocenters. The van der Waals surface area contributed by atoms with Crippen LogP contribution in [0.15, 0.2) is 42.9 Å². The molecule has 3 aromatic rings. The first-order valence-corrected chi connectivity index (χ1v) is 5.58. The van der Waals surface area contributed by atoms with Crippen LogP contribution in [0, 0.1) is 6.92 Å². The molecule has 0 spiro atoms. The van der Waals surface area contributed by atoms with E-state index in [-0.39, 0.29) is 0 Å². The van der Waals surface area contributed by atoms with Gasteiger partial charge in [0.05, 0.1) is 11.7 Å². The monoisotopic (exact) mass is 223 g/mol. The number of hydrogen-bond acceptors (Lipinski definition) is 2. The van der Waals surface area contributed by atoms with Crippen LogP contribution in [0.4, 0.5) is 0 Å². The number of aromatic nitrogens is 3. The van der Waals surface area contributed by atoms with Crippen LogP contribution >= 0.6 is 0 Å². The summed E-state index contributed by atoms with van der Waals surface area (Å²) in [6.45, 7) is 2.05. The minimum Gasteiger partial charge on any atom is -0.268 e. The summed E-state index contributed by atoms with van der Waals surface area (Å²) < 4.78 is 1.88. The number of hydrogen-bond donors (Lipinski definition) is 0. The van der Waals surface area contributed by atoms with Crippen LogP contribution < -0.4 is 0 Å². The van der Waals surface area contributed by atoms with Gasteiger partial charge in [-0.05, 0) is 36.2 Å². The van der Waals surface area contributed by atoms with E-state index >= 15 is 0 Å². The second-order valence-corrected chi connectivity index (χ2v) is 4.29. The third-order valence-corrected chi connectivity index (χ3v) is 2.95. The van der Waals surface area contributed by atoms with E-state index in [1.807, 2.05) is 30.3 Å². The summed E-state index contributed by atoms with van der Waals surface area (Å²) in [6, 6.07) is 8.50. The highest BCUT2D eigenvalue weighted by Crippen LogP contribution is 2.23. The largest absolute Gasteiger partial charge is 0.268 e. The molecule has 0 aliphatic rings. The lowest BCUT2D eigenvalue weighted by molar-refractivity contribution is 0.797. The maximum Gasteiger partial charge on any atom is 0.0679 e. The lowest BCUT2D eigenvalue weighted by Crippen LogP contribution is -1.88. The van der Waals surface area contributed by atoms with Crippen molar-refractivity contribution in [1.29, 1.82) is 0 Å². The summed E-state index contributed by atoms with van der Waals surface area (Å²) in [6.07, 6.45) is 5.65. The number of rotatable bonds is 1. The highest BCUT2D eigenvalue weighted by atomic mass is 15.2. The first kappa shape index (κ1) is 10.0. The van der Waals surface area contributed by atoms with Crippen molar-refractivity contribution in [2.24, 2.45) is 7.05 Å². The van der Waals surface area contributed by atoms with E-state index in [2.05, 4.69) is 41.3 Å². The van der Waals surface area contributed by atoms with Crippen molar-refractivity contribution in [3.05, 3.63) is 48.4 Å². The van der Waals surface area contributed by atoms with Crippen LogP contribution in [-0.4, -0.2) is 14.8 Å². The van der Waals surface area contributed by atoms with E-state index < -0.39 is 0 Å². The molecule has 1 aromatic carbocycles. The van der Waals surface area contributed by atoms with Crippen molar-refractivity contribution in [2.45, 2.75) is 6.92 Å². The van der Waals surface area contributed by atoms with Crippen molar-refractivity contribution in [2.75, 3.05) is 0 Å². The topological polar surface area (TPSA) is 30.7 Å². The molecule has 3 rings (SSSR count). The van der Waals surface area contributed by atoms with Crippen molar-refractivity contribution >= 4 is 10.9 Å². The Labute approximate surface area is 99.7 Å². The van der Waals surface area contributed by atoms with Crippen molar-refractivity contribution in [3.8, 4) is 11.1 Å². The zero-order chi connectivity index (χ0) is 11.8. The van der Waals surface area contributed by atoms with E-state index in [1.165, 1.54) is 11.1 Å². The second-order valence-electron chi connectivity index (χ2n) is 4.29. The van der Waals surface area contributed by atoms with Gasteiger partial charge in [0.2, 0.25) is 0 Å². The van der Waals surface area contributed by atoms with Crippen LogP contribution in [0.2, 0.25) is 0 Å². The fourth-order valence-corrected chi connectivity index (χ4v) is 2.06. The molecule has 2 aromatic heterocycles. The smallest absolute Gasteiger partial charge is 0.0679 e. The number of fused-ring (bicyclic) bond motifs is 1. The van der Waals surface area contributed by atoms with Crippen molar-refractivity contribution < 1.29 is 0 Å². The van der Waals surface area contributed by atoms with Crippen LogP contribution in [0.3, 0.4) is 0 Å². The van der Waals surface area contributed by atoms with Gasteiger partial charge in [0.1, 0.15) is 0 Å². The average molecular weight is 223 g/mol. The number of nitrogens with zero attached hydrogens (tertiary/aromatic N) is 3. The number of pyridine rings is 1. The highest BCUT2D eigenvalue weighted by Gasteiger charge is 2.03. The Balaban J connectivity index is 2.18. The van der Waals surface area contributed by atoms with Crippen molar-refractivity contribution in [3.63, 3.8) is 0 Å². The van der Waals surface area contributed by atoms with E-state index in [9.17, 15) is 0 Å². The second kappa shape index (κ2) is 3.70.